The van der Waals surface area contributed by atoms with Crippen LogP contribution in [0.4, 0.5) is 5.13 Å². The summed E-state index contributed by atoms with van der Waals surface area (Å²) in [6.45, 7) is 4.38. The van der Waals surface area contributed by atoms with E-state index in [1.165, 1.54) is 0 Å². The largest absolute Gasteiger partial charge is 0.496 e. The molecule has 2 N–H and O–H groups in total. The van der Waals surface area contributed by atoms with Crippen molar-refractivity contribution in [1.82, 2.24) is 15.6 Å². The van der Waals surface area contributed by atoms with Gasteiger partial charge < -0.3 is 25.0 Å². The highest BCUT2D eigenvalue weighted by atomic mass is 32.1. The average Bonchev–Trinajstić information content (AvgIpc) is 3.22. The molecule has 2 aromatic carbocycles. The van der Waals surface area contributed by atoms with Crippen LogP contribution in [-0.2, 0) is 0 Å². The van der Waals surface area contributed by atoms with Gasteiger partial charge in [0, 0.05) is 44.2 Å². The summed E-state index contributed by atoms with van der Waals surface area (Å²) >= 11 is 1.62. The zero-order valence-corrected chi connectivity index (χ0v) is 17.6. The monoisotopic (exact) mass is 424 g/mol. The van der Waals surface area contributed by atoms with Gasteiger partial charge in [0.1, 0.15) is 11.5 Å². The van der Waals surface area contributed by atoms with Crippen molar-refractivity contribution in [2.75, 3.05) is 44.8 Å². The van der Waals surface area contributed by atoms with Gasteiger partial charge in [0.15, 0.2) is 5.13 Å². The zero-order valence-electron chi connectivity index (χ0n) is 16.8. The molecule has 0 aliphatic carbocycles. The number of aromatic nitrogens is 1. The summed E-state index contributed by atoms with van der Waals surface area (Å²) in [5, 5.41) is 7.52. The van der Waals surface area contributed by atoms with Crippen LogP contribution >= 0.6 is 11.3 Å². The summed E-state index contributed by atoms with van der Waals surface area (Å²) < 4.78 is 12.2. The Morgan fingerprint density at radius 3 is 2.97 bits per heavy atom. The Morgan fingerprint density at radius 1 is 1.30 bits per heavy atom. The number of thiazole rings is 1. The number of benzene rings is 2. The van der Waals surface area contributed by atoms with Crippen LogP contribution < -0.4 is 25.0 Å². The smallest absolute Gasteiger partial charge is 0.255 e. The number of methoxy groups -OCH3 is 1. The molecule has 3 aromatic rings. The van der Waals surface area contributed by atoms with E-state index in [0.29, 0.717) is 17.9 Å². The van der Waals surface area contributed by atoms with Crippen molar-refractivity contribution in [3.63, 3.8) is 0 Å². The van der Waals surface area contributed by atoms with Gasteiger partial charge in [-0.25, -0.2) is 4.98 Å². The molecule has 0 bridgehead atoms. The Labute approximate surface area is 179 Å². The van der Waals surface area contributed by atoms with Gasteiger partial charge in [0.2, 0.25) is 0 Å². The predicted octanol–water partition coefficient (Wildman–Crippen LogP) is 2.97. The minimum absolute atomic E-state index is 0.0827. The van der Waals surface area contributed by atoms with Gasteiger partial charge >= 0.3 is 0 Å². The number of amides is 1. The fraction of sp³-hybridized carbons (Fsp3) is 0.364. The summed E-state index contributed by atoms with van der Waals surface area (Å²) in [6.07, 6.45) is 0.737. The van der Waals surface area contributed by atoms with Crippen LogP contribution in [0.15, 0.2) is 36.4 Å². The highest BCUT2D eigenvalue weighted by molar-refractivity contribution is 7.22. The Morgan fingerprint density at radius 2 is 2.13 bits per heavy atom. The summed E-state index contributed by atoms with van der Waals surface area (Å²) in [4.78, 5) is 20.3. The van der Waals surface area contributed by atoms with E-state index in [2.05, 4.69) is 15.5 Å². The van der Waals surface area contributed by atoms with Gasteiger partial charge in [-0.05, 0) is 12.1 Å². The third-order valence-electron chi connectivity index (χ3n) is 5.59. The highest BCUT2D eigenvalue weighted by Gasteiger charge is 2.25. The van der Waals surface area contributed by atoms with Crippen molar-refractivity contribution in [3.05, 3.63) is 47.5 Å². The van der Waals surface area contributed by atoms with Crippen LogP contribution in [0.25, 0.3) is 10.2 Å². The Bertz CT molecular complexity index is 1080. The first kappa shape index (κ1) is 19.1. The third kappa shape index (κ3) is 3.57. The van der Waals surface area contributed by atoms with Crippen molar-refractivity contribution >= 4 is 32.6 Å². The molecule has 1 aromatic heterocycles. The Kier molecular flexibility index (Phi) is 5.18. The van der Waals surface area contributed by atoms with E-state index in [1.54, 1.807) is 18.4 Å². The molecule has 156 valence electrons. The number of para-hydroxylation sites is 1. The fourth-order valence-electron chi connectivity index (χ4n) is 4.01. The first-order valence-electron chi connectivity index (χ1n) is 10.2. The van der Waals surface area contributed by atoms with Crippen LogP contribution in [-0.4, -0.2) is 50.8 Å². The molecule has 0 radical (unpaired) electrons. The maximum Gasteiger partial charge on any atom is 0.255 e. The van der Waals surface area contributed by atoms with Gasteiger partial charge in [-0.15, -0.1) is 0 Å². The molecule has 0 spiro atoms. The summed E-state index contributed by atoms with van der Waals surface area (Å²) in [5.74, 6) is 1.23. The number of piperazine rings is 1. The number of fused-ring (bicyclic) bond motifs is 2. The first-order chi connectivity index (χ1) is 14.7. The van der Waals surface area contributed by atoms with Gasteiger partial charge in [0.25, 0.3) is 5.91 Å². The lowest BCUT2D eigenvalue weighted by Gasteiger charge is -2.26. The molecular weight excluding hydrogens is 400 g/mol. The summed E-state index contributed by atoms with van der Waals surface area (Å²) in [6, 6.07) is 11.5. The Balaban J connectivity index is 1.43. The fourth-order valence-corrected chi connectivity index (χ4v) is 5.05. The average molecular weight is 425 g/mol. The second-order valence-electron chi connectivity index (χ2n) is 7.45. The normalized spacial score (nSPS) is 18.6. The number of hydrogen-bond donors (Lipinski definition) is 2. The highest BCUT2D eigenvalue weighted by Crippen LogP contribution is 2.35. The number of nitrogens with one attached hydrogen (secondary N) is 2. The molecule has 1 atom stereocenters. The molecule has 5 rings (SSSR count). The minimum atomic E-state index is -0.146. The van der Waals surface area contributed by atoms with Crippen molar-refractivity contribution < 1.29 is 14.3 Å². The number of ether oxygens (including phenoxy) is 2. The number of rotatable bonds is 4. The summed E-state index contributed by atoms with van der Waals surface area (Å²) in [7, 11) is 1.59. The van der Waals surface area contributed by atoms with Gasteiger partial charge in [-0.2, -0.15) is 0 Å². The van der Waals surface area contributed by atoms with Gasteiger partial charge in [0.05, 0.1) is 35.5 Å². The molecule has 1 amide bonds. The molecular formula is C22H24N4O3S. The lowest BCUT2D eigenvalue weighted by Crippen LogP contribution is -2.43. The van der Waals surface area contributed by atoms with Crippen molar-refractivity contribution in [1.29, 1.82) is 0 Å². The van der Waals surface area contributed by atoms with E-state index < -0.39 is 0 Å². The molecule has 0 unspecified atom stereocenters. The molecule has 2 aliphatic rings. The third-order valence-corrected chi connectivity index (χ3v) is 6.67. The molecule has 8 heteroatoms. The second-order valence-corrected chi connectivity index (χ2v) is 8.46. The quantitative estimate of drug-likeness (QED) is 0.671. The van der Waals surface area contributed by atoms with E-state index in [1.807, 2.05) is 36.4 Å². The number of carbonyl (C=O) groups is 1. The SMILES string of the molecule is COc1cc2nc(N3CCNCC3)sc2cc1C(=O)N[C@H]1CCOc2ccccc21. The molecule has 0 saturated carbocycles. The molecule has 1 saturated heterocycles. The van der Waals surface area contributed by atoms with E-state index in [4.69, 9.17) is 14.5 Å². The van der Waals surface area contributed by atoms with Crippen molar-refractivity contribution in [2.24, 2.45) is 0 Å². The predicted molar refractivity (Wildman–Crippen MR) is 118 cm³/mol. The second kappa shape index (κ2) is 8.12. The first-order valence-corrected chi connectivity index (χ1v) is 11.0. The maximum atomic E-state index is 13.2. The minimum Gasteiger partial charge on any atom is -0.496 e. The van der Waals surface area contributed by atoms with E-state index in [9.17, 15) is 4.79 Å². The standard InChI is InChI=1S/C22H24N4O3S/c1-28-19-13-17-20(30-22(25-17)26-9-7-23-8-10-26)12-15(19)21(27)24-16-6-11-29-18-5-3-2-4-14(16)18/h2-5,12-13,16,23H,6-11H2,1H3,(H,24,27)/t16-/m0/s1. The van der Waals surface area contributed by atoms with Crippen LogP contribution in [0.5, 0.6) is 11.5 Å². The number of hydrogen-bond acceptors (Lipinski definition) is 7. The molecule has 2 aliphatic heterocycles. The van der Waals surface area contributed by atoms with Crippen LogP contribution in [0.3, 0.4) is 0 Å². The van der Waals surface area contributed by atoms with Crippen molar-refractivity contribution in [2.45, 2.75) is 12.5 Å². The number of nitrogens with zero attached hydrogens (tertiary/aromatic N) is 2. The molecule has 1 fully saturated rings. The molecule has 30 heavy (non-hydrogen) atoms. The Hall–Kier alpha value is -2.84. The molecule has 3 heterocycles. The van der Waals surface area contributed by atoms with Crippen LogP contribution in [0.1, 0.15) is 28.4 Å². The lowest BCUT2D eigenvalue weighted by atomic mass is 10.00. The van der Waals surface area contributed by atoms with Gasteiger partial charge in [-0.1, -0.05) is 29.5 Å². The van der Waals surface area contributed by atoms with Crippen LogP contribution in [0, 0.1) is 0 Å². The topological polar surface area (TPSA) is 75.7 Å². The maximum absolute atomic E-state index is 13.2. The lowest BCUT2D eigenvalue weighted by molar-refractivity contribution is 0.0922. The van der Waals surface area contributed by atoms with E-state index >= 15 is 0 Å². The zero-order chi connectivity index (χ0) is 20.5. The number of anilines is 1. The summed E-state index contributed by atoms with van der Waals surface area (Å²) in [5.41, 5.74) is 2.40. The van der Waals surface area contributed by atoms with Crippen molar-refractivity contribution in [3.8, 4) is 11.5 Å². The number of carbonyl (C=O) groups excluding carboxylic acids is 1. The van der Waals surface area contributed by atoms with E-state index in [-0.39, 0.29) is 11.9 Å². The van der Waals surface area contributed by atoms with E-state index in [0.717, 1.165) is 59.3 Å². The molecule has 7 nitrogen and oxygen atoms in total. The van der Waals surface area contributed by atoms with Crippen LogP contribution in [0.2, 0.25) is 0 Å². The van der Waals surface area contributed by atoms with Gasteiger partial charge in [-0.3, -0.25) is 4.79 Å².